The second kappa shape index (κ2) is 9.45. The van der Waals surface area contributed by atoms with Crippen LogP contribution in [0.5, 0.6) is 17.2 Å². The Hall–Kier alpha value is -2.75. The highest BCUT2D eigenvalue weighted by Gasteiger charge is 2.22. The Morgan fingerprint density at radius 2 is 1.71 bits per heavy atom. The van der Waals surface area contributed by atoms with Gasteiger partial charge in [-0.3, -0.25) is 4.79 Å². The van der Waals surface area contributed by atoms with Crippen molar-refractivity contribution in [2.45, 2.75) is 52.9 Å². The topological polar surface area (TPSA) is 66.8 Å². The number of benzene rings is 2. The van der Waals surface area contributed by atoms with E-state index in [9.17, 15) is 15.0 Å². The molecule has 0 bridgehead atoms. The van der Waals surface area contributed by atoms with Gasteiger partial charge in [-0.25, -0.2) is 0 Å². The van der Waals surface area contributed by atoms with Crippen LogP contribution in [0.15, 0.2) is 36.4 Å². The van der Waals surface area contributed by atoms with Crippen molar-refractivity contribution in [2.75, 3.05) is 6.61 Å². The highest BCUT2D eigenvalue weighted by molar-refractivity contribution is 6.07. The van der Waals surface area contributed by atoms with E-state index in [2.05, 4.69) is 0 Å². The second-order valence-corrected chi connectivity index (χ2v) is 7.55. The fourth-order valence-corrected chi connectivity index (χ4v) is 3.07. The van der Waals surface area contributed by atoms with Crippen LogP contribution in [-0.4, -0.2) is 22.6 Å². The minimum Gasteiger partial charge on any atom is -0.508 e. The van der Waals surface area contributed by atoms with Gasteiger partial charge in [-0.1, -0.05) is 34.6 Å². The van der Waals surface area contributed by atoms with Crippen molar-refractivity contribution in [1.29, 1.82) is 0 Å². The summed E-state index contributed by atoms with van der Waals surface area (Å²) in [4.78, 5) is 12.5. The van der Waals surface area contributed by atoms with E-state index in [-0.39, 0.29) is 29.1 Å². The fourth-order valence-electron chi connectivity index (χ4n) is 3.07. The number of hydrogen-bond donors (Lipinski definition) is 2. The molecule has 2 N–H and O–H groups in total. The lowest BCUT2D eigenvalue weighted by Crippen LogP contribution is -2.05. The van der Waals surface area contributed by atoms with Crippen LogP contribution in [0.25, 0.3) is 6.08 Å². The smallest absolute Gasteiger partial charge is 0.185 e. The van der Waals surface area contributed by atoms with Crippen molar-refractivity contribution in [2.24, 2.45) is 0 Å². The number of phenols is 2. The van der Waals surface area contributed by atoms with Crippen molar-refractivity contribution in [3.63, 3.8) is 0 Å². The first-order valence-electron chi connectivity index (χ1n) is 9.80. The molecule has 2 aromatic rings. The van der Waals surface area contributed by atoms with Gasteiger partial charge in [0.1, 0.15) is 17.2 Å². The van der Waals surface area contributed by atoms with E-state index in [1.807, 2.05) is 40.7 Å². The molecule has 0 amide bonds. The van der Waals surface area contributed by atoms with Crippen LogP contribution in [-0.2, 0) is 0 Å². The number of carbonyl (C=O) groups is 1. The lowest BCUT2D eigenvalue weighted by molar-refractivity contribution is 0.104. The zero-order valence-electron chi connectivity index (χ0n) is 17.3. The Kier molecular flexibility index (Phi) is 7.27. The number of aromatic hydroxyl groups is 2. The standard InChI is InChI=1S/C24H30O4/c1-6-13-28-24-18(9-12-21(26)17-7-10-19(25)11-8-17)14-20(15(2)3)23(27)22(24)16(4)5/h7-12,14-16,25,27H,6,13H2,1-5H3/b12-9+. The molecule has 0 aliphatic carbocycles. The Balaban J connectivity index is 2.53. The summed E-state index contributed by atoms with van der Waals surface area (Å²) in [6.45, 7) is 10.7. The largest absolute Gasteiger partial charge is 0.508 e. The Morgan fingerprint density at radius 3 is 2.25 bits per heavy atom. The van der Waals surface area contributed by atoms with Gasteiger partial charge in [0, 0.05) is 16.7 Å². The summed E-state index contributed by atoms with van der Waals surface area (Å²) in [6.07, 6.45) is 4.10. The molecule has 0 aromatic heterocycles. The molecule has 2 aromatic carbocycles. The van der Waals surface area contributed by atoms with Crippen molar-refractivity contribution in [1.82, 2.24) is 0 Å². The van der Waals surface area contributed by atoms with Gasteiger partial charge < -0.3 is 14.9 Å². The average molecular weight is 383 g/mol. The summed E-state index contributed by atoms with van der Waals surface area (Å²) in [5.74, 6) is 1.08. The number of hydrogen-bond acceptors (Lipinski definition) is 4. The molecular formula is C24H30O4. The van der Waals surface area contributed by atoms with Crippen molar-refractivity contribution in [3.8, 4) is 17.2 Å². The minimum absolute atomic E-state index is 0.0745. The number of ether oxygens (including phenoxy) is 1. The molecular weight excluding hydrogens is 352 g/mol. The van der Waals surface area contributed by atoms with Gasteiger partial charge in [0.05, 0.1) is 6.61 Å². The SMILES string of the molecule is CCCOc1c(/C=C/C(=O)c2ccc(O)cc2)cc(C(C)C)c(O)c1C(C)C. The molecule has 0 saturated carbocycles. The highest BCUT2D eigenvalue weighted by Crippen LogP contribution is 2.43. The molecule has 0 radical (unpaired) electrons. The van der Waals surface area contributed by atoms with Crippen LogP contribution in [0.4, 0.5) is 0 Å². The molecule has 4 heteroatoms. The molecule has 0 fully saturated rings. The zero-order chi connectivity index (χ0) is 20.8. The van der Waals surface area contributed by atoms with Gasteiger partial charge in [-0.05, 0) is 66.3 Å². The number of ketones is 1. The van der Waals surface area contributed by atoms with Gasteiger partial charge in [0.2, 0.25) is 0 Å². The molecule has 0 saturated heterocycles. The van der Waals surface area contributed by atoms with Crippen LogP contribution in [0.3, 0.4) is 0 Å². The number of phenolic OH excluding ortho intramolecular Hbond substituents is 2. The maximum atomic E-state index is 12.5. The van der Waals surface area contributed by atoms with Gasteiger partial charge in [0.15, 0.2) is 5.78 Å². The van der Waals surface area contributed by atoms with Crippen LogP contribution in [0.2, 0.25) is 0 Å². The molecule has 0 atom stereocenters. The summed E-state index contributed by atoms with van der Waals surface area (Å²) in [7, 11) is 0. The van der Waals surface area contributed by atoms with Gasteiger partial charge in [0.25, 0.3) is 0 Å². The summed E-state index contributed by atoms with van der Waals surface area (Å²) < 4.78 is 5.99. The number of allylic oxidation sites excluding steroid dienone is 1. The molecule has 0 spiro atoms. The normalized spacial score (nSPS) is 11.5. The average Bonchev–Trinajstić information content (AvgIpc) is 2.64. The molecule has 4 nitrogen and oxygen atoms in total. The summed E-state index contributed by atoms with van der Waals surface area (Å²) in [6, 6.07) is 8.06. The van der Waals surface area contributed by atoms with Gasteiger partial charge in [-0.2, -0.15) is 0 Å². The Bertz CT molecular complexity index is 846. The molecule has 2 rings (SSSR count). The van der Waals surface area contributed by atoms with Gasteiger partial charge >= 0.3 is 0 Å². The maximum Gasteiger partial charge on any atom is 0.185 e. The molecule has 0 aliphatic rings. The van der Waals surface area contributed by atoms with Crippen LogP contribution in [0, 0.1) is 0 Å². The third-order valence-corrected chi connectivity index (χ3v) is 4.56. The van der Waals surface area contributed by atoms with Crippen LogP contribution >= 0.6 is 0 Å². The van der Waals surface area contributed by atoms with Crippen molar-refractivity contribution in [3.05, 3.63) is 58.7 Å². The monoisotopic (exact) mass is 382 g/mol. The van der Waals surface area contributed by atoms with Crippen molar-refractivity contribution >= 4 is 11.9 Å². The van der Waals surface area contributed by atoms with E-state index in [0.717, 1.165) is 23.1 Å². The molecule has 0 unspecified atom stereocenters. The lowest BCUT2D eigenvalue weighted by Gasteiger charge is -2.22. The third-order valence-electron chi connectivity index (χ3n) is 4.56. The third kappa shape index (κ3) is 4.94. The van der Waals surface area contributed by atoms with E-state index >= 15 is 0 Å². The number of rotatable bonds is 8. The van der Waals surface area contributed by atoms with E-state index in [4.69, 9.17) is 4.74 Å². The molecule has 28 heavy (non-hydrogen) atoms. The first kappa shape index (κ1) is 21.5. The predicted molar refractivity (Wildman–Crippen MR) is 114 cm³/mol. The fraction of sp³-hybridized carbons (Fsp3) is 0.375. The first-order chi connectivity index (χ1) is 13.3. The van der Waals surface area contributed by atoms with Crippen molar-refractivity contribution < 1.29 is 19.7 Å². The Morgan fingerprint density at radius 1 is 1.07 bits per heavy atom. The highest BCUT2D eigenvalue weighted by atomic mass is 16.5. The summed E-state index contributed by atoms with van der Waals surface area (Å²) in [5.41, 5.74) is 2.89. The molecule has 0 aliphatic heterocycles. The second-order valence-electron chi connectivity index (χ2n) is 7.55. The Labute approximate surface area is 167 Å². The first-order valence-corrected chi connectivity index (χ1v) is 9.80. The summed E-state index contributed by atoms with van der Waals surface area (Å²) in [5, 5.41) is 20.2. The van der Waals surface area contributed by atoms with Crippen LogP contribution in [0.1, 0.15) is 79.9 Å². The van der Waals surface area contributed by atoms with Crippen LogP contribution < -0.4 is 4.74 Å². The van der Waals surface area contributed by atoms with Gasteiger partial charge in [-0.15, -0.1) is 0 Å². The quantitative estimate of drug-likeness (QED) is 0.432. The molecule has 0 heterocycles. The number of carbonyl (C=O) groups excluding carboxylic acids is 1. The maximum absolute atomic E-state index is 12.5. The van der Waals surface area contributed by atoms with E-state index in [1.165, 1.54) is 18.2 Å². The lowest BCUT2D eigenvalue weighted by atomic mass is 9.90. The van der Waals surface area contributed by atoms with E-state index < -0.39 is 0 Å². The van der Waals surface area contributed by atoms with E-state index in [1.54, 1.807) is 18.2 Å². The zero-order valence-corrected chi connectivity index (χ0v) is 17.3. The molecule has 150 valence electrons. The predicted octanol–water partition coefficient (Wildman–Crippen LogP) is 6.03. The minimum atomic E-state index is -0.160. The van der Waals surface area contributed by atoms with E-state index in [0.29, 0.717) is 17.9 Å². The summed E-state index contributed by atoms with van der Waals surface area (Å²) >= 11 is 0.